The molecule has 1 N–H and O–H groups in total. The first-order chi connectivity index (χ1) is 16.4. The van der Waals surface area contributed by atoms with Crippen molar-refractivity contribution in [2.24, 2.45) is 0 Å². The summed E-state index contributed by atoms with van der Waals surface area (Å²) in [5.41, 5.74) is 3.77. The fourth-order valence-electron chi connectivity index (χ4n) is 4.04. The van der Waals surface area contributed by atoms with Gasteiger partial charge in [-0.05, 0) is 53.9 Å². The van der Waals surface area contributed by atoms with Crippen LogP contribution in [-0.4, -0.2) is 5.91 Å². The number of hydrogen-bond donors (Lipinski definition) is 1. The van der Waals surface area contributed by atoms with Gasteiger partial charge >= 0.3 is 5.63 Å². The number of carbonyl (C=O) groups excluding carboxylic acids is 1. The van der Waals surface area contributed by atoms with Crippen LogP contribution in [0, 0.1) is 12.7 Å². The minimum atomic E-state index is -0.562. The summed E-state index contributed by atoms with van der Waals surface area (Å²) in [5.74, 6) is -0.621. The van der Waals surface area contributed by atoms with E-state index in [9.17, 15) is 14.0 Å². The number of furan rings is 1. The summed E-state index contributed by atoms with van der Waals surface area (Å²) >= 11 is 5.99. The van der Waals surface area contributed by atoms with Crippen LogP contribution in [0.5, 0.6) is 0 Å². The Hall–Kier alpha value is -3.90. The van der Waals surface area contributed by atoms with Crippen molar-refractivity contribution in [1.82, 2.24) is 5.32 Å². The van der Waals surface area contributed by atoms with Crippen molar-refractivity contribution in [1.29, 1.82) is 0 Å². The third kappa shape index (κ3) is 4.20. The maximum absolute atomic E-state index is 13.4. The largest absolute Gasteiger partial charge is 0.464 e. The number of benzene rings is 3. The summed E-state index contributed by atoms with van der Waals surface area (Å²) in [6, 6.07) is 16.9. The summed E-state index contributed by atoms with van der Waals surface area (Å²) in [4.78, 5) is 25.3. The lowest BCUT2D eigenvalue weighted by Gasteiger charge is -2.09. The van der Waals surface area contributed by atoms with E-state index >= 15 is 0 Å². The Morgan fingerprint density at radius 1 is 1.03 bits per heavy atom. The maximum Gasteiger partial charge on any atom is 0.340 e. The van der Waals surface area contributed by atoms with Gasteiger partial charge in [0, 0.05) is 34.0 Å². The lowest BCUT2D eigenvalue weighted by atomic mass is 9.99. The molecule has 0 aliphatic heterocycles. The van der Waals surface area contributed by atoms with E-state index < -0.39 is 5.63 Å². The quantitative estimate of drug-likeness (QED) is 0.309. The van der Waals surface area contributed by atoms with Gasteiger partial charge in [0.2, 0.25) is 5.91 Å². The number of amides is 1. The van der Waals surface area contributed by atoms with E-state index in [0.29, 0.717) is 39.2 Å². The van der Waals surface area contributed by atoms with Gasteiger partial charge in [0.25, 0.3) is 0 Å². The lowest BCUT2D eigenvalue weighted by molar-refractivity contribution is -0.120. The summed E-state index contributed by atoms with van der Waals surface area (Å²) in [6.07, 6.45) is 1.48. The lowest BCUT2D eigenvalue weighted by Crippen LogP contribution is -2.27. The molecule has 170 valence electrons. The molecule has 3 aromatic carbocycles. The molecule has 0 aliphatic rings. The molecule has 0 saturated heterocycles. The van der Waals surface area contributed by atoms with E-state index in [0.717, 1.165) is 22.1 Å². The standard InChI is InChI=1S/C27H19ClFNO4/c1-15-20-10-22-23(17-5-7-19(29)8-6-17)14-33-24(22)12-25(20)34-27(32)21(15)11-26(31)30-13-16-3-2-4-18(28)9-16/h2-10,12,14H,11,13H2,1H3,(H,30,31). The van der Waals surface area contributed by atoms with Crippen LogP contribution in [0.15, 0.2) is 80.6 Å². The molecule has 0 unspecified atom stereocenters. The van der Waals surface area contributed by atoms with Gasteiger partial charge in [0.05, 0.1) is 18.2 Å². The molecule has 0 bridgehead atoms. The van der Waals surface area contributed by atoms with Crippen molar-refractivity contribution in [2.45, 2.75) is 19.9 Å². The Bertz CT molecular complexity index is 1600. The fraction of sp³-hybridized carbons (Fsp3) is 0.111. The predicted molar refractivity (Wildman–Crippen MR) is 129 cm³/mol. The third-order valence-electron chi connectivity index (χ3n) is 5.85. The number of carbonyl (C=O) groups is 1. The van der Waals surface area contributed by atoms with Gasteiger partial charge in [-0.2, -0.15) is 0 Å². The summed E-state index contributed by atoms with van der Waals surface area (Å²) in [6.45, 7) is 2.09. The maximum atomic E-state index is 13.4. The van der Waals surface area contributed by atoms with Crippen molar-refractivity contribution in [2.75, 3.05) is 0 Å². The molecule has 5 nitrogen and oxygen atoms in total. The molecule has 0 atom stereocenters. The second kappa shape index (κ2) is 8.80. The van der Waals surface area contributed by atoms with Crippen molar-refractivity contribution in [3.63, 3.8) is 0 Å². The first-order valence-corrected chi connectivity index (χ1v) is 11.0. The van der Waals surface area contributed by atoms with Crippen LogP contribution in [0.1, 0.15) is 16.7 Å². The number of halogens is 2. The van der Waals surface area contributed by atoms with Crippen molar-refractivity contribution in [3.05, 3.63) is 105 Å². The molecule has 7 heteroatoms. The second-order valence-corrected chi connectivity index (χ2v) is 8.51. The second-order valence-electron chi connectivity index (χ2n) is 8.08. The highest BCUT2D eigenvalue weighted by molar-refractivity contribution is 6.30. The van der Waals surface area contributed by atoms with E-state index in [1.165, 1.54) is 12.1 Å². The van der Waals surface area contributed by atoms with Crippen molar-refractivity contribution >= 4 is 39.4 Å². The van der Waals surface area contributed by atoms with Crippen LogP contribution in [0.4, 0.5) is 4.39 Å². The fourth-order valence-corrected chi connectivity index (χ4v) is 4.25. The molecule has 34 heavy (non-hydrogen) atoms. The third-order valence-corrected chi connectivity index (χ3v) is 6.09. The number of nitrogens with one attached hydrogen (secondary N) is 1. The van der Waals surface area contributed by atoms with Crippen LogP contribution in [-0.2, 0) is 17.8 Å². The van der Waals surface area contributed by atoms with E-state index in [-0.39, 0.29) is 18.1 Å². The molecule has 1 amide bonds. The first kappa shape index (κ1) is 21.9. The van der Waals surface area contributed by atoms with Gasteiger partial charge in [-0.15, -0.1) is 0 Å². The Morgan fingerprint density at radius 2 is 1.82 bits per heavy atom. The smallest absolute Gasteiger partial charge is 0.340 e. The number of hydrogen-bond acceptors (Lipinski definition) is 4. The van der Waals surface area contributed by atoms with Crippen LogP contribution < -0.4 is 10.9 Å². The summed E-state index contributed by atoms with van der Waals surface area (Å²) in [5, 5.41) is 4.90. The van der Waals surface area contributed by atoms with E-state index in [1.54, 1.807) is 43.5 Å². The average molecular weight is 476 g/mol. The van der Waals surface area contributed by atoms with Gasteiger partial charge in [0.1, 0.15) is 17.0 Å². The van der Waals surface area contributed by atoms with Gasteiger partial charge < -0.3 is 14.2 Å². The Balaban J connectivity index is 1.48. The Kier molecular flexibility index (Phi) is 5.67. The normalized spacial score (nSPS) is 11.3. The number of rotatable bonds is 5. The Morgan fingerprint density at radius 3 is 2.59 bits per heavy atom. The van der Waals surface area contributed by atoms with Gasteiger partial charge in [-0.3, -0.25) is 4.79 Å². The molecular formula is C27H19ClFNO4. The highest BCUT2D eigenvalue weighted by Gasteiger charge is 2.18. The minimum Gasteiger partial charge on any atom is -0.464 e. The zero-order valence-electron chi connectivity index (χ0n) is 18.2. The Labute approximate surface area is 198 Å². The first-order valence-electron chi connectivity index (χ1n) is 10.6. The van der Waals surface area contributed by atoms with Crippen LogP contribution in [0.25, 0.3) is 33.1 Å². The van der Waals surface area contributed by atoms with E-state index in [1.807, 2.05) is 18.2 Å². The minimum absolute atomic E-state index is 0.112. The van der Waals surface area contributed by atoms with Crippen LogP contribution in [0.2, 0.25) is 5.02 Å². The molecule has 0 saturated carbocycles. The van der Waals surface area contributed by atoms with Gasteiger partial charge in [0.15, 0.2) is 0 Å². The van der Waals surface area contributed by atoms with E-state index in [4.69, 9.17) is 20.4 Å². The topological polar surface area (TPSA) is 72.5 Å². The molecule has 0 aliphatic carbocycles. The van der Waals surface area contributed by atoms with Crippen molar-refractivity contribution in [3.8, 4) is 11.1 Å². The molecule has 0 fully saturated rings. The highest BCUT2D eigenvalue weighted by Crippen LogP contribution is 2.34. The molecule has 2 heterocycles. The zero-order valence-corrected chi connectivity index (χ0v) is 18.9. The molecule has 2 aromatic heterocycles. The molecule has 0 spiro atoms. The monoisotopic (exact) mass is 475 g/mol. The van der Waals surface area contributed by atoms with Gasteiger partial charge in [-0.25, -0.2) is 9.18 Å². The van der Waals surface area contributed by atoms with E-state index in [2.05, 4.69) is 5.32 Å². The SMILES string of the molecule is Cc1c(CC(=O)NCc2cccc(Cl)c2)c(=O)oc2cc3occ(-c4ccc(F)cc4)c3cc12. The van der Waals surface area contributed by atoms with Crippen LogP contribution in [0.3, 0.4) is 0 Å². The van der Waals surface area contributed by atoms with Crippen molar-refractivity contribution < 1.29 is 18.0 Å². The number of fused-ring (bicyclic) bond motifs is 2. The average Bonchev–Trinajstić information content (AvgIpc) is 3.23. The summed E-state index contributed by atoms with van der Waals surface area (Å²) in [7, 11) is 0. The molecular weight excluding hydrogens is 457 g/mol. The van der Waals surface area contributed by atoms with Gasteiger partial charge in [-0.1, -0.05) is 35.9 Å². The molecule has 0 radical (unpaired) electrons. The summed E-state index contributed by atoms with van der Waals surface area (Å²) < 4.78 is 24.6. The molecule has 5 rings (SSSR count). The van der Waals surface area contributed by atoms with Crippen LogP contribution >= 0.6 is 11.6 Å². The predicted octanol–water partition coefficient (Wildman–Crippen LogP) is 6.17. The zero-order chi connectivity index (χ0) is 23.8. The highest BCUT2D eigenvalue weighted by atomic mass is 35.5. The number of aryl methyl sites for hydroxylation is 1. The molecule has 5 aromatic rings.